The molecule has 168 valence electrons. The minimum absolute atomic E-state index is 0.159. The number of halogens is 1. The molecule has 3 rings (SSSR count). The predicted octanol–water partition coefficient (Wildman–Crippen LogP) is 5.31. The Morgan fingerprint density at radius 3 is 2.72 bits per heavy atom. The molecule has 9 heteroatoms. The van der Waals surface area contributed by atoms with Gasteiger partial charge in [-0.2, -0.15) is 0 Å². The summed E-state index contributed by atoms with van der Waals surface area (Å²) in [4.78, 5) is 12.5. The van der Waals surface area contributed by atoms with Crippen LogP contribution in [0.5, 0.6) is 11.5 Å². The summed E-state index contributed by atoms with van der Waals surface area (Å²) in [5.74, 6) is 1.89. The van der Waals surface area contributed by atoms with Crippen LogP contribution in [0.1, 0.15) is 24.4 Å². The molecule has 0 spiro atoms. The minimum atomic E-state index is -0.393. The quantitative estimate of drug-likeness (QED) is 0.318. The number of ether oxygens (including phenoxy) is 2. The van der Waals surface area contributed by atoms with Gasteiger partial charge in [-0.3, -0.25) is 9.36 Å². The Hall–Kier alpha value is -2.97. The smallest absolute Gasteiger partial charge is 0.234 e. The number of hydrogen-bond donors (Lipinski definition) is 1. The lowest BCUT2D eigenvalue weighted by Gasteiger charge is -2.17. The number of aromatic nitrogens is 3. The summed E-state index contributed by atoms with van der Waals surface area (Å²) in [6, 6.07) is 12.8. The number of anilines is 1. The van der Waals surface area contributed by atoms with Gasteiger partial charge in [0, 0.05) is 17.3 Å². The number of nitrogens with zero attached hydrogens (tertiary/aromatic N) is 3. The zero-order chi connectivity index (χ0) is 23.1. The molecule has 1 unspecified atom stereocenters. The average molecular weight is 473 g/mol. The van der Waals surface area contributed by atoms with E-state index in [0.29, 0.717) is 39.7 Å². The van der Waals surface area contributed by atoms with Gasteiger partial charge in [0.05, 0.1) is 12.9 Å². The van der Waals surface area contributed by atoms with Crippen LogP contribution in [0, 0.1) is 6.92 Å². The van der Waals surface area contributed by atoms with Crippen molar-refractivity contribution >= 4 is 35.0 Å². The molecule has 1 N–H and O–H groups in total. The van der Waals surface area contributed by atoms with E-state index in [2.05, 4.69) is 22.1 Å². The molecule has 1 atom stereocenters. The zero-order valence-electron chi connectivity index (χ0n) is 18.2. The fraction of sp³-hybridized carbons (Fsp3) is 0.261. The highest BCUT2D eigenvalue weighted by atomic mass is 35.5. The minimum Gasteiger partial charge on any atom is -0.493 e. The number of thioether (sulfide) groups is 1. The zero-order valence-corrected chi connectivity index (χ0v) is 19.7. The lowest BCUT2D eigenvalue weighted by Crippen LogP contribution is -2.16. The number of hydrogen-bond acceptors (Lipinski definition) is 6. The van der Waals surface area contributed by atoms with Crippen LogP contribution >= 0.6 is 23.4 Å². The summed E-state index contributed by atoms with van der Waals surface area (Å²) < 4.78 is 13.3. The van der Waals surface area contributed by atoms with Crippen molar-refractivity contribution in [3.05, 3.63) is 71.5 Å². The highest BCUT2D eigenvalue weighted by molar-refractivity contribution is 7.99. The third-order valence-corrected chi connectivity index (χ3v) is 6.04. The summed E-state index contributed by atoms with van der Waals surface area (Å²) in [6.07, 6.45) is 1.36. The summed E-state index contributed by atoms with van der Waals surface area (Å²) in [5, 5.41) is 12.7. The number of nitrogens with one attached hydrogen (secondary N) is 1. The van der Waals surface area contributed by atoms with Crippen LogP contribution < -0.4 is 14.8 Å². The summed E-state index contributed by atoms with van der Waals surface area (Å²) in [6.45, 7) is 8.05. The molecule has 0 aliphatic rings. The number of para-hydroxylation sites is 2. The van der Waals surface area contributed by atoms with Gasteiger partial charge in [-0.05, 0) is 43.7 Å². The summed E-state index contributed by atoms with van der Waals surface area (Å²) >= 11 is 7.42. The molecule has 0 fully saturated rings. The molecule has 7 nitrogen and oxygen atoms in total. The Morgan fingerprint density at radius 2 is 2.00 bits per heavy atom. The van der Waals surface area contributed by atoms with E-state index < -0.39 is 6.10 Å². The second-order valence-electron chi connectivity index (χ2n) is 6.90. The molecule has 0 aliphatic carbocycles. The first kappa shape index (κ1) is 23.7. The number of rotatable bonds is 10. The second kappa shape index (κ2) is 11.1. The molecular weight excluding hydrogens is 448 g/mol. The van der Waals surface area contributed by atoms with Crippen LogP contribution in [0.15, 0.2) is 60.3 Å². The molecule has 0 aliphatic heterocycles. The maximum atomic E-state index is 12.5. The van der Waals surface area contributed by atoms with E-state index in [1.54, 1.807) is 25.3 Å². The molecule has 0 saturated carbocycles. The van der Waals surface area contributed by atoms with Crippen LogP contribution in [0.3, 0.4) is 0 Å². The lowest BCUT2D eigenvalue weighted by atomic mass is 10.2. The molecule has 32 heavy (non-hydrogen) atoms. The van der Waals surface area contributed by atoms with Gasteiger partial charge in [-0.15, -0.1) is 16.8 Å². The number of amides is 1. The molecule has 1 aromatic heterocycles. The summed E-state index contributed by atoms with van der Waals surface area (Å²) in [7, 11) is 1.59. The first-order chi connectivity index (χ1) is 15.4. The van der Waals surface area contributed by atoms with Gasteiger partial charge in [0.1, 0.15) is 0 Å². The van der Waals surface area contributed by atoms with Gasteiger partial charge in [-0.1, -0.05) is 47.6 Å². The van der Waals surface area contributed by atoms with E-state index in [-0.39, 0.29) is 11.7 Å². The van der Waals surface area contributed by atoms with Gasteiger partial charge >= 0.3 is 0 Å². The first-order valence-corrected chi connectivity index (χ1v) is 11.3. The van der Waals surface area contributed by atoms with E-state index in [0.717, 1.165) is 5.56 Å². The van der Waals surface area contributed by atoms with Crippen molar-refractivity contribution in [1.29, 1.82) is 0 Å². The van der Waals surface area contributed by atoms with E-state index >= 15 is 0 Å². The Morgan fingerprint density at radius 1 is 1.25 bits per heavy atom. The van der Waals surface area contributed by atoms with Crippen LogP contribution in [0.2, 0.25) is 5.02 Å². The molecule has 0 radical (unpaired) electrons. The van der Waals surface area contributed by atoms with Crippen molar-refractivity contribution in [2.45, 2.75) is 31.7 Å². The van der Waals surface area contributed by atoms with E-state index in [4.69, 9.17) is 21.1 Å². The Kier molecular flexibility index (Phi) is 8.19. The van der Waals surface area contributed by atoms with E-state index in [9.17, 15) is 4.79 Å². The second-order valence-corrected chi connectivity index (χ2v) is 8.25. The Bertz CT molecular complexity index is 1100. The Balaban J connectivity index is 1.70. The topological polar surface area (TPSA) is 78.3 Å². The van der Waals surface area contributed by atoms with Gasteiger partial charge in [0.25, 0.3) is 0 Å². The highest BCUT2D eigenvalue weighted by Crippen LogP contribution is 2.31. The third-order valence-electron chi connectivity index (χ3n) is 4.67. The van der Waals surface area contributed by atoms with E-state index in [1.165, 1.54) is 11.8 Å². The standard InChI is InChI=1S/C23H25ClN4O3S/c1-5-13-28-22(16(3)31-20-12-7-6-11-19(20)30-4)26-27-23(28)32-14-21(29)25-18-10-8-9-17(24)15(18)2/h5-12,16H,1,13-14H2,2-4H3,(H,25,29). The third kappa shape index (κ3) is 5.63. The number of methoxy groups -OCH3 is 1. The fourth-order valence-corrected chi connectivity index (χ4v) is 3.96. The molecule has 0 bridgehead atoms. The van der Waals surface area contributed by atoms with Crippen molar-refractivity contribution in [2.24, 2.45) is 0 Å². The van der Waals surface area contributed by atoms with Gasteiger partial charge < -0.3 is 14.8 Å². The van der Waals surface area contributed by atoms with E-state index in [1.807, 2.05) is 48.7 Å². The normalized spacial score (nSPS) is 11.6. The van der Waals surface area contributed by atoms with Crippen molar-refractivity contribution in [3.8, 4) is 11.5 Å². The van der Waals surface area contributed by atoms with Crippen LogP contribution in [0.25, 0.3) is 0 Å². The van der Waals surface area contributed by atoms with Gasteiger partial charge in [-0.25, -0.2) is 0 Å². The maximum absolute atomic E-state index is 12.5. The molecule has 0 saturated heterocycles. The number of carbonyl (C=O) groups excluding carboxylic acids is 1. The van der Waals surface area contributed by atoms with Crippen molar-refractivity contribution < 1.29 is 14.3 Å². The molecule has 2 aromatic carbocycles. The van der Waals surface area contributed by atoms with Crippen LogP contribution in [0.4, 0.5) is 5.69 Å². The Labute approximate surface area is 196 Å². The van der Waals surface area contributed by atoms with Crippen LogP contribution in [-0.2, 0) is 11.3 Å². The fourth-order valence-electron chi connectivity index (χ4n) is 3.03. The largest absolute Gasteiger partial charge is 0.493 e. The molecule has 1 amide bonds. The number of benzene rings is 2. The van der Waals surface area contributed by atoms with Gasteiger partial charge in [0.2, 0.25) is 5.91 Å². The monoisotopic (exact) mass is 472 g/mol. The van der Waals surface area contributed by atoms with Crippen molar-refractivity contribution in [2.75, 3.05) is 18.2 Å². The molecule has 1 heterocycles. The number of carbonyl (C=O) groups is 1. The van der Waals surface area contributed by atoms with Crippen molar-refractivity contribution in [3.63, 3.8) is 0 Å². The highest BCUT2D eigenvalue weighted by Gasteiger charge is 2.21. The summed E-state index contributed by atoms with van der Waals surface area (Å²) in [5.41, 5.74) is 1.52. The van der Waals surface area contributed by atoms with Crippen molar-refractivity contribution in [1.82, 2.24) is 14.8 Å². The average Bonchev–Trinajstić information content (AvgIpc) is 3.19. The maximum Gasteiger partial charge on any atom is 0.234 e. The van der Waals surface area contributed by atoms with Crippen LogP contribution in [-0.4, -0.2) is 33.5 Å². The SMILES string of the molecule is C=CCn1c(SCC(=O)Nc2cccc(Cl)c2C)nnc1C(C)Oc1ccccc1OC. The predicted molar refractivity (Wildman–Crippen MR) is 128 cm³/mol. The molecular formula is C23H25ClN4O3S. The van der Waals surface area contributed by atoms with Gasteiger partial charge in [0.15, 0.2) is 28.6 Å². The lowest BCUT2D eigenvalue weighted by molar-refractivity contribution is -0.113. The molecule has 3 aromatic rings. The first-order valence-electron chi connectivity index (χ1n) is 9.96. The number of allylic oxidation sites excluding steroid dienone is 1.